The molecule has 0 radical (unpaired) electrons. The number of aryl methyl sites for hydroxylation is 2. The molecule has 4 aromatic rings. The molecule has 35 heavy (non-hydrogen) atoms. The highest BCUT2D eigenvalue weighted by atomic mass is 16.6. The molecule has 180 valence electrons. The maximum absolute atomic E-state index is 12.7. The van der Waals surface area contributed by atoms with E-state index in [-0.39, 0.29) is 17.3 Å². The third-order valence-corrected chi connectivity index (χ3v) is 5.04. The molecule has 1 amide bonds. The van der Waals surface area contributed by atoms with Crippen LogP contribution in [-0.2, 0) is 6.61 Å². The Balaban J connectivity index is 1.46. The Morgan fingerprint density at radius 2 is 2.00 bits per heavy atom. The zero-order valence-electron chi connectivity index (χ0n) is 19.4. The van der Waals surface area contributed by atoms with E-state index in [0.717, 1.165) is 15.8 Å². The number of hydrogen-bond acceptors (Lipinski definition) is 10. The van der Waals surface area contributed by atoms with Crippen LogP contribution in [0.1, 0.15) is 39.8 Å². The van der Waals surface area contributed by atoms with E-state index in [0.29, 0.717) is 36.0 Å². The smallest absolute Gasteiger partial charge is 0.292 e. The first-order chi connectivity index (χ1) is 17.0. The number of nitrogens with one attached hydrogen (secondary N) is 1. The van der Waals surface area contributed by atoms with Crippen LogP contribution in [0.5, 0.6) is 11.5 Å². The molecule has 0 bridgehead atoms. The summed E-state index contributed by atoms with van der Waals surface area (Å²) in [7, 11) is 0. The van der Waals surface area contributed by atoms with Gasteiger partial charge in [0.1, 0.15) is 6.61 Å². The molecule has 0 saturated heterocycles. The van der Waals surface area contributed by atoms with Crippen molar-refractivity contribution in [3.63, 3.8) is 0 Å². The largest absolute Gasteiger partial charge is 0.490 e. The number of carbonyl (C=O) groups excluding carboxylic acids is 1. The highest BCUT2D eigenvalue weighted by molar-refractivity contribution is 5.94. The molecule has 2 aromatic heterocycles. The van der Waals surface area contributed by atoms with Crippen LogP contribution >= 0.6 is 0 Å². The van der Waals surface area contributed by atoms with Crippen LogP contribution < -0.4 is 20.6 Å². The van der Waals surface area contributed by atoms with Gasteiger partial charge in [-0.05, 0) is 66.0 Å². The lowest BCUT2D eigenvalue weighted by molar-refractivity contribution is 0.0946. The van der Waals surface area contributed by atoms with E-state index < -0.39 is 5.91 Å². The number of carbonyl (C=O) groups is 1. The monoisotopic (exact) mass is 476 g/mol. The van der Waals surface area contributed by atoms with E-state index in [2.05, 4.69) is 35.8 Å². The van der Waals surface area contributed by atoms with Crippen molar-refractivity contribution in [2.24, 2.45) is 5.10 Å². The predicted octanol–water partition coefficient (Wildman–Crippen LogP) is 2.59. The van der Waals surface area contributed by atoms with E-state index in [1.807, 2.05) is 44.2 Å². The van der Waals surface area contributed by atoms with E-state index >= 15 is 0 Å². The van der Waals surface area contributed by atoms with Gasteiger partial charge in [0.05, 0.1) is 18.5 Å². The second kappa shape index (κ2) is 10.5. The molecule has 4 rings (SSSR count). The molecular weight excluding hydrogens is 452 g/mol. The molecule has 0 aliphatic heterocycles. The Kier molecular flexibility index (Phi) is 7.00. The van der Waals surface area contributed by atoms with Crippen LogP contribution in [0, 0.1) is 13.8 Å². The number of hydrogen-bond donors (Lipinski definition) is 2. The molecule has 0 fully saturated rings. The summed E-state index contributed by atoms with van der Waals surface area (Å²) in [5.74, 6) is 0.654. The first-order valence-electron chi connectivity index (χ1n) is 10.8. The molecule has 3 N–H and O–H groups in total. The fraction of sp³-hybridized carbons (Fsp3) is 0.217. The van der Waals surface area contributed by atoms with E-state index in [1.165, 1.54) is 6.21 Å². The number of rotatable bonds is 9. The third-order valence-electron chi connectivity index (χ3n) is 5.04. The maximum Gasteiger partial charge on any atom is 0.292 e. The average Bonchev–Trinajstić information content (AvgIpc) is 3.44. The molecule has 12 nitrogen and oxygen atoms in total. The SMILES string of the molecule is CCOc1cc(/C=N\NC(=O)c2c(C)nnn2-c2nonc2N)ccc1OCc1ccccc1C. The summed E-state index contributed by atoms with van der Waals surface area (Å²) in [6, 6.07) is 13.4. The lowest BCUT2D eigenvalue weighted by Gasteiger charge is -2.13. The predicted molar refractivity (Wildman–Crippen MR) is 127 cm³/mol. The molecule has 0 aliphatic carbocycles. The van der Waals surface area contributed by atoms with Gasteiger partial charge in [-0.15, -0.1) is 5.10 Å². The van der Waals surface area contributed by atoms with Gasteiger partial charge in [-0.3, -0.25) is 4.79 Å². The third kappa shape index (κ3) is 5.27. The first-order valence-corrected chi connectivity index (χ1v) is 10.8. The topological polar surface area (TPSA) is 156 Å². The van der Waals surface area contributed by atoms with Gasteiger partial charge in [0.15, 0.2) is 17.2 Å². The van der Waals surface area contributed by atoms with Gasteiger partial charge >= 0.3 is 0 Å². The number of benzene rings is 2. The van der Waals surface area contributed by atoms with Crippen molar-refractivity contribution in [2.75, 3.05) is 12.3 Å². The van der Waals surface area contributed by atoms with Gasteiger partial charge in [-0.2, -0.15) is 9.78 Å². The lowest BCUT2D eigenvalue weighted by atomic mass is 10.1. The molecule has 0 aliphatic rings. The van der Waals surface area contributed by atoms with Gasteiger partial charge in [0.25, 0.3) is 5.91 Å². The van der Waals surface area contributed by atoms with E-state index in [9.17, 15) is 4.79 Å². The minimum Gasteiger partial charge on any atom is -0.490 e. The van der Waals surface area contributed by atoms with Crippen LogP contribution in [0.2, 0.25) is 0 Å². The lowest BCUT2D eigenvalue weighted by Crippen LogP contribution is -2.22. The van der Waals surface area contributed by atoms with E-state index in [1.54, 1.807) is 19.1 Å². The van der Waals surface area contributed by atoms with Crippen LogP contribution in [-0.4, -0.2) is 44.0 Å². The summed E-state index contributed by atoms with van der Waals surface area (Å²) in [6.07, 6.45) is 1.49. The normalized spacial score (nSPS) is 11.1. The number of ether oxygens (including phenoxy) is 2. The molecule has 0 unspecified atom stereocenters. The van der Waals surface area contributed by atoms with E-state index in [4.69, 9.17) is 15.2 Å². The summed E-state index contributed by atoms with van der Waals surface area (Å²) in [5.41, 5.74) is 11.6. The van der Waals surface area contributed by atoms with Gasteiger partial charge in [-0.1, -0.05) is 29.5 Å². The highest BCUT2D eigenvalue weighted by Crippen LogP contribution is 2.29. The summed E-state index contributed by atoms with van der Waals surface area (Å²) in [4.78, 5) is 12.7. The molecule has 0 saturated carbocycles. The standard InChI is InChI=1S/C23H24N8O4/c1-4-33-19-11-16(9-10-18(19)34-13-17-8-6-5-7-14(17)2)12-25-27-23(32)20-15(3)26-30-31(20)22-21(24)28-35-29-22/h5-12H,4,13H2,1-3H3,(H2,24,28)(H,27,32)/b25-12-. The van der Waals surface area contributed by atoms with Crippen molar-refractivity contribution >= 4 is 17.9 Å². The van der Waals surface area contributed by atoms with Crippen molar-refractivity contribution in [3.05, 3.63) is 70.5 Å². The number of nitrogens with zero attached hydrogens (tertiary/aromatic N) is 6. The summed E-state index contributed by atoms with van der Waals surface area (Å²) >= 11 is 0. The number of nitrogens with two attached hydrogens (primary N) is 1. The van der Waals surface area contributed by atoms with Gasteiger partial charge < -0.3 is 15.2 Å². The van der Waals surface area contributed by atoms with Crippen LogP contribution in [0.4, 0.5) is 5.82 Å². The number of hydrazone groups is 1. The van der Waals surface area contributed by atoms with Gasteiger partial charge in [-0.25, -0.2) is 10.1 Å². The minimum atomic E-state index is -0.561. The number of aromatic nitrogens is 5. The van der Waals surface area contributed by atoms with Gasteiger partial charge in [0, 0.05) is 0 Å². The highest BCUT2D eigenvalue weighted by Gasteiger charge is 2.22. The second-order valence-electron chi connectivity index (χ2n) is 7.46. The summed E-state index contributed by atoms with van der Waals surface area (Å²) < 4.78 is 17.4. The molecule has 12 heteroatoms. The van der Waals surface area contributed by atoms with Crippen LogP contribution in [0.25, 0.3) is 5.82 Å². The zero-order valence-corrected chi connectivity index (χ0v) is 19.4. The number of nitrogen functional groups attached to an aromatic ring is 1. The Hall–Kier alpha value is -4.74. The average molecular weight is 476 g/mol. The van der Waals surface area contributed by atoms with Gasteiger partial charge in [0.2, 0.25) is 11.6 Å². The number of anilines is 1. The number of amides is 1. The Morgan fingerprint density at radius 3 is 2.74 bits per heavy atom. The first kappa shape index (κ1) is 23.4. The van der Waals surface area contributed by atoms with Crippen molar-refractivity contribution in [3.8, 4) is 17.3 Å². The fourth-order valence-corrected chi connectivity index (χ4v) is 3.24. The molecule has 2 heterocycles. The van der Waals surface area contributed by atoms with Crippen molar-refractivity contribution in [1.82, 2.24) is 30.7 Å². The maximum atomic E-state index is 12.7. The molecule has 0 atom stereocenters. The Morgan fingerprint density at radius 1 is 1.17 bits per heavy atom. The van der Waals surface area contributed by atoms with Crippen molar-refractivity contribution < 1.29 is 18.9 Å². The van der Waals surface area contributed by atoms with Crippen LogP contribution in [0.3, 0.4) is 0 Å². The quantitative estimate of drug-likeness (QED) is 0.274. The molecule has 0 spiro atoms. The molecular formula is C23H24N8O4. The molecule has 2 aromatic carbocycles. The van der Waals surface area contributed by atoms with Crippen LogP contribution in [0.15, 0.2) is 52.2 Å². The summed E-state index contributed by atoms with van der Waals surface area (Å²) in [5, 5.41) is 18.9. The Labute approximate surface area is 200 Å². The Bertz CT molecular complexity index is 1360. The summed E-state index contributed by atoms with van der Waals surface area (Å²) in [6.45, 7) is 6.44. The zero-order chi connectivity index (χ0) is 24.8. The van der Waals surface area contributed by atoms with Crippen molar-refractivity contribution in [2.45, 2.75) is 27.4 Å². The minimum absolute atomic E-state index is 0.0272. The second-order valence-corrected chi connectivity index (χ2v) is 7.46. The fourth-order valence-electron chi connectivity index (χ4n) is 3.24. The van der Waals surface area contributed by atoms with Crippen molar-refractivity contribution in [1.29, 1.82) is 0 Å².